The van der Waals surface area contributed by atoms with E-state index < -0.39 is 35.4 Å². The number of nitrogens with zero attached hydrogens (tertiary/aromatic N) is 1. The van der Waals surface area contributed by atoms with Crippen LogP contribution in [0.3, 0.4) is 0 Å². The van der Waals surface area contributed by atoms with Gasteiger partial charge in [0.1, 0.15) is 12.0 Å². The highest BCUT2D eigenvalue weighted by Crippen LogP contribution is 2.45. The molecule has 0 radical (unpaired) electrons. The monoisotopic (exact) mass is 391 g/mol. The minimum absolute atomic E-state index is 0.0423. The van der Waals surface area contributed by atoms with Crippen LogP contribution in [0.5, 0.6) is 0 Å². The molecule has 0 spiro atoms. The van der Waals surface area contributed by atoms with Crippen LogP contribution in [0.1, 0.15) is 18.4 Å². The molecule has 0 aromatic heterocycles. The minimum Gasteiger partial charge on any atom is -0.480 e. The summed E-state index contributed by atoms with van der Waals surface area (Å²) < 4.78 is 10.6. The summed E-state index contributed by atoms with van der Waals surface area (Å²) in [5.74, 6) is -2.67. The van der Waals surface area contributed by atoms with Gasteiger partial charge in [-0.25, -0.2) is 4.79 Å². The number of nitrogens with one attached hydrogen (secondary N) is 2. The lowest BCUT2D eigenvalue weighted by molar-refractivity contribution is -0.151. The van der Waals surface area contributed by atoms with Crippen LogP contribution >= 0.6 is 0 Å². The van der Waals surface area contributed by atoms with Crippen molar-refractivity contribution < 1.29 is 33.8 Å². The third-order valence-electron chi connectivity index (χ3n) is 4.72. The molecule has 1 aromatic rings. The molecule has 1 aliphatic heterocycles. The Kier molecular flexibility index (Phi) is 5.78. The molecule has 150 valence electrons. The third-order valence-corrected chi connectivity index (χ3v) is 4.72. The fraction of sp³-hybridized carbons (Fsp3) is 0.444. The van der Waals surface area contributed by atoms with Crippen LogP contribution in [0.2, 0.25) is 0 Å². The SMILES string of the molecule is O=C(NNC(=O)C1(C(=O)O)CC1)C1CN(C(=O)OCc2ccccc2)CCO1. The standard InChI is InChI=1S/C18H21N3O7/c22-14(19-20-15(23)18(6-7-18)16(24)25)13-10-21(8-9-27-13)17(26)28-11-12-4-2-1-3-5-12/h1-5,13H,6-11H2,(H,19,22)(H,20,23)(H,24,25). The molecule has 2 fully saturated rings. The van der Waals surface area contributed by atoms with E-state index in [4.69, 9.17) is 14.6 Å². The Balaban J connectivity index is 1.46. The normalized spacial score (nSPS) is 20.0. The molecule has 3 rings (SSSR count). The average molecular weight is 391 g/mol. The van der Waals surface area contributed by atoms with Crippen LogP contribution in [0.4, 0.5) is 4.79 Å². The number of morpholine rings is 1. The Labute approximate surface area is 160 Å². The highest BCUT2D eigenvalue weighted by Gasteiger charge is 2.57. The van der Waals surface area contributed by atoms with Crippen molar-refractivity contribution in [2.75, 3.05) is 19.7 Å². The summed E-state index contributed by atoms with van der Waals surface area (Å²) in [7, 11) is 0. The van der Waals surface area contributed by atoms with Crippen LogP contribution in [0, 0.1) is 5.41 Å². The highest BCUT2D eigenvalue weighted by molar-refractivity contribution is 6.05. The van der Waals surface area contributed by atoms with Gasteiger partial charge in [-0.15, -0.1) is 0 Å². The van der Waals surface area contributed by atoms with Crippen LogP contribution in [-0.2, 0) is 30.5 Å². The predicted octanol–water partition coefficient (Wildman–Crippen LogP) is 0.0362. The van der Waals surface area contributed by atoms with Crippen molar-refractivity contribution in [2.45, 2.75) is 25.6 Å². The Hall–Kier alpha value is -3.14. The molecule has 10 heteroatoms. The number of carboxylic acids is 1. The topological polar surface area (TPSA) is 134 Å². The molecule has 1 saturated carbocycles. The average Bonchev–Trinajstić information content (AvgIpc) is 3.53. The van der Waals surface area contributed by atoms with E-state index in [0.29, 0.717) is 0 Å². The second-order valence-electron chi connectivity index (χ2n) is 6.68. The van der Waals surface area contributed by atoms with Crippen LogP contribution in [0.15, 0.2) is 30.3 Å². The first-order valence-electron chi connectivity index (χ1n) is 8.83. The van der Waals surface area contributed by atoms with E-state index in [0.717, 1.165) is 5.56 Å². The zero-order chi connectivity index (χ0) is 20.1. The number of hydrazine groups is 1. The molecule has 28 heavy (non-hydrogen) atoms. The lowest BCUT2D eigenvalue weighted by atomic mass is 10.1. The quantitative estimate of drug-likeness (QED) is 0.476. The van der Waals surface area contributed by atoms with E-state index in [1.54, 1.807) is 0 Å². The molecule has 1 atom stereocenters. The van der Waals surface area contributed by atoms with Gasteiger partial charge in [0.2, 0.25) is 0 Å². The smallest absolute Gasteiger partial charge is 0.410 e. The molecule has 1 aliphatic carbocycles. The molecule has 2 aliphatic rings. The number of rotatable bonds is 5. The summed E-state index contributed by atoms with van der Waals surface area (Å²) in [6.45, 7) is 0.470. The number of amides is 3. The van der Waals surface area contributed by atoms with Gasteiger partial charge in [0.05, 0.1) is 13.2 Å². The van der Waals surface area contributed by atoms with Crippen molar-refractivity contribution in [1.82, 2.24) is 15.8 Å². The van der Waals surface area contributed by atoms with Gasteiger partial charge in [-0.3, -0.25) is 25.2 Å². The molecule has 1 aromatic carbocycles. The molecule has 3 N–H and O–H groups in total. The van der Waals surface area contributed by atoms with Crippen molar-refractivity contribution in [1.29, 1.82) is 0 Å². The fourth-order valence-electron chi connectivity index (χ4n) is 2.77. The Morgan fingerprint density at radius 2 is 1.89 bits per heavy atom. The lowest BCUT2D eigenvalue weighted by Gasteiger charge is -2.31. The van der Waals surface area contributed by atoms with Gasteiger partial charge in [0, 0.05) is 6.54 Å². The van der Waals surface area contributed by atoms with Crippen LogP contribution in [0.25, 0.3) is 0 Å². The zero-order valence-corrected chi connectivity index (χ0v) is 15.1. The molecular weight excluding hydrogens is 370 g/mol. The molecule has 1 saturated heterocycles. The molecule has 3 amide bonds. The van der Waals surface area contributed by atoms with Crippen molar-refractivity contribution in [3.63, 3.8) is 0 Å². The van der Waals surface area contributed by atoms with E-state index in [1.165, 1.54) is 4.90 Å². The van der Waals surface area contributed by atoms with Crippen molar-refractivity contribution in [2.24, 2.45) is 5.41 Å². The van der Waals surface area contributed by atoms with Gasteiger partial charge < -0.3 is 19.5 Å². The Bertz CT molecular complexity index is 764. The van der Waals surface area contributed by atoms with Gasteiger partial charge >= 0.3 is 12.1 Å². The van der Waals surface area contributed by atoms with Gasteiger partial charge in [0.25, 0.3) is 11.8 Å². The maximum Gasteiger partial charge on any atom is 0.410 e. The Morgan fingerprint density at radius 1 is 1.18 bits per heavy atom. The van der Waals surface area contributed by atoms with Crippen molar-refractivity contribution in [3.05, 3.63) is 35.9 Å². The zero-order valence-electron chi connectivity index (χ0n) is 15.1. The maximum atomic E-state index is 12.2. The van der Waals surface area contributed by atoms with E-state index in [2.05, 4.69) is 10.9 Å². The summed E-state index contributed by atoms with van der Waals surface area (Å²) >= 11 is 0. The van der Waals surface area contributed by atoms with E-state index in [-0.39, 0.29) is 39.1 Å². The fourth-order valence-corrected chi connectivity index (χ4v) is 2.77. The molecular formula is C18H21N3O7. The number of carboxylic acid groups (broad SMARTS) is 1. The van der Waals surface area contributed by atoms with Crippen molar-refractivity contribution >= 4 is 23.9 Å². The number of hydrogen-bond donors (Lipinski definition) is 3. The second-order valence-corrected chi connectivity index (χ2v) is 6.68. The van der Waals surface area contributed by atoms with Gasteiger partial charge in [-0.2, -0.15) is 0 Å². The summed E-state index contributed by atoms with van der Waals surface area (Å²) in [5.41, 5.74) is 3.66. The Morgan fingerprint density at radius 3 is 2.54 bits per heavy atom. The molecule has 1 unspecified atom stereocenters. The van der Waals surface area contributed by atoms with E-state index >= 15 is 0 Å². The number of carbonyl (C=O) groups is 4. The molecule has 1 heterocycles. The lowest BCUT2D eigenvalue weighted by Crippen LogP contribution is -2.56. The number of aliphatic carboxylic acids is 1. The summed E-state index contributed by atoms with van der Waals surface area (Å²) in [4.78, 5) is 48.8. The number of carbonyl (C=O) groups excluding carboxylic acids is 3. The van der Waals surface area contributed by atoms with Gasteiger partial charge in [0.15, 0.2) is 6.10 Å². The van der Waals surface area contributed by atoms with Crippen LogP contribution in [-0.4, -0.2) is 59.7 Å². The van der Waals surface area contributed by atoms with Crippen LogP contribution < -0.4 is 10.9 Å². The molecule has 0 bridgehead atoms. The van der Waals surface area contributed by atoms with Crippen molar-refractivity contribution in [3.8, 4) is 0 Å². The number of benzene rings is 1. The number of hydrogen-bond acceptors (Lipinski definition) is 6. The predicted molar refractivity (Wildman–Crippen MR) is 93.5 cm³/mol. The summed E-state index contributed by atoms with van der Waals surface area (Å²) in [6.07, 6.45) is -1.12. The third kappa shape index (κ3) is 4.39. The second kappa shape index (κ2) is 8.26. The highest BCUT2D eigenvalue weighted by atomic mass is 16.6. The first kappa shape index (κ1) is 19.6. The largest absolute Gasteiger partial charge is 0.480 e. The maximum absolute atomic E-state index is 12.2. The van der Waals surface area contributed by atoms with Gasteiger partial charge in [-0.1, -0.05) is 30.3 Å². The van der Waals surface area contributed by atoms with Gasteiger partial charge in [-0.05, 0) is 18.4 Å². The first-order valence-corrected chi connectivity index (χ1v) is 8.83. The van der Waals surface area contributed by atoms with E-state index in [9.17, 15) is 19.2 Å². The summed E-state index contributed by atoms with van der Waals surface area (Å²) in [5, 5.41) is 9.06. The van der Waals surface area contributed by atoms with E-state index in [1.807, 2.05) is 30.3 Å². The number of ether oxygens (including phenoxy) is 2. The summed E-state index contributed by atoms with van der Waals surface area (Å²) in [6, 6.07) is 9.19. The first-order chi connectivity index (χ1) is 13.4. The molecule has 10 nitrogen and oxygen atoms in total. The minimum atomic E-state index is -1.46.